The summed E-state index contributed by atoms with van der Waals surface area (Å²) in [5.41, 5.74) is 8.46. The van der Waals surface area contributed by atoms with Crippen LogP contribution in [0.3, 0.4) is 0 Å². The van der Waals surface area contributed by atoms with E-state index in [0.717, 1.165) is 48.6 Å². The van der Waals surface area contributed by atoms with Gasteiger partial charge in [-0.25, -0.2) is 0 Å². The molecule has 2 heterocycles. The molecule has 3 N–H and O–H groups in total. The van der Waals surface area contributed by atoms with Crippen LogP contribution in [0.15, 0.2) is 30.3 Å². The molecule has 0 aliphatic carbocycles. The summed E-state index contributed by atoms with van der Waals surface area (Å²) in [5.74, 6) is -0.266. The highest BCUT2D eigenvalue weighted by Gasteiger charge is 2.23. The van der Waals surface area contributed by atoms with Gasteiger partial charge in [-0.3, -0.25) is 9.59 Å². The Hall–Kier alpha value is -2.34. The van der Waals surface area contributed by atoms with Gasteiger partial charge in [-0.2, -0.15) is 0 Å². The van der Waals surface area contributed by atoms with E-state index in [9.17, 15) is 9.59 Å². The fourth-order valence-corrected chi connectivity index (χ4v) is 4.36. The number of benzene rings is 1. The van der Waals surface area contributed by atoms with Crippen LogP contribution < -0.4 is 16.0 Å². The lowest BCUT2D eigenvalue weighted by Crippen LogP contribution is -2.38. The molecule has 0 spiro atoms. The average Bonchev–Trinajstić information content (AvgIpc) is 3.03. The summed E-state index contributed by atoms with van der Waals surface area (Å²) in [6, 6.07) is 9.83. The predicted octanol–water partition coefficient (Wildman–Crippen LogP) is 3.57. The maximum atomic E-state index is 12.4. The van der Waals surface area contributed by atoms with Crippen LogP contribution in [0.25, 0.3) is 0 Å². The molecule has 0 radical (unpaired) electrons. The summed E-state index contributed by atoms with van der Waals surface area (Å²) in [5, 5.41) is 2.97. The van der Waals surface area contributed by atoms with Gasteiger partial charge in [-0.05, 0) is 62.1 Å². The summed E-state index contributed by atoms with van der Waals surface area (Å²) in [4.78, 5) is 27.9. The molecular formula is C20H25N3O2S. The predicted molar refractivity (Wildman–Crippen MR) is 107 cm³/mol. The van der Waals surface area contributed by atoms with Crippen molar-refractivity contribution in [3.63, 3.8) is 0 Å². The molecule has 1 aliphatic rings. The lowest BCUT2D eigenvalue weighted by atomic mass is 9.96. The number of piperidine rings is 1. The highest BCUT2D eigenvalue weighted by molar-refractivity contribution is 7.14. The second-order valence-electron chi connectivity index (χ2n) is 6.74. The molecule has 2 amide bonds. The van der Waals surface area contributed by atoms with Crippen molar-refractivity contribution >= 4 is 34.5 Å². The minimum atomic E-state index is -0.197. The summed E-state index contributed by atoms with van der Waals surface area (Å²) >= 11 is 1.56. The Bertz CT molecular complexity index is 790. The maximum Gasteiger partial charge on any atom is 0.265 e. The van der Waals surface area contributed by atoms with Gasteiger partial charge in [0.25, 0.3) is 5.91 Å². The summed E-state index contributed by atoms with van der Waals surface area (Å²) in [7, 11) is 0. The number of rotatable bonds is 5. The first-order valence-corrected chi connectivity index (χ1v) is 9.84. The smallest absolute Gasteiger partial charge is 0.265 e. The van der Waals surface area contributed by atoms with E-state index in [1.54, 1.807) is 11.3 Å². The van der Waals surface area contributed by atoms with Crippen LogP contribution in [0.4, 0.5) is 11.4 Å². The minimum Gasteiger partial charge on any atom is -0.371 e. The van der Waals surface area contributed by atoms with E-state index < -0.39 is 0 Å². The molecule has 0 saturated carbocycles. The van der Waals surface area contributed by atoms with Gasteiger partial charge in [0, 0.05) is 35.3 Å². The van der Waals surface area contributed by atoms with Crippen molar-refractivity contribution in [1.29, 1.82) is 0 Å². The highest BCUT2D eigenvalue weighted by atomic mass is 32.1. The number of anilines is 2. The Labute approximate surface area is 158 Å². The number of nitrogens with one attached hydrogen (secondary N) is 1. The second kappa shape index (κ2) is 7.91. The van der Waals surface area contributed by atoms with Gasteiger partial charge in [0.15, 0.2) is 0 Å². The number of primary amides is 1. The Kier molecular flexibility index (Phi) is 5.61. The lowest BCUT2D eigenvalue weighted by molar-refractivity contribution is -0.122. The Morgan fingerprint density at radius 3 is 2.42 bits per heavy atom. The van der Waals surface area contributed by atoms with Gasteiger partial charge in [0.1, 0.15) is 0 Å². The monoisotopic (exact) mass is 371 g/mol. The van der Waals surface area contributed by atoms with Crippen LogP contribution in [0, 0.1) is 12.8 Å². The molecule has 5 nitrogen and oxygen atoms in total. The molecule has 1 fully saturated rings. The normalized spacial score (nSPS) is 15.1. The molecule has 2 aromatic rings. The molecule has 6 heteroatoms. The molecule has 1 saturated heterocycles. The molecule has 138 valence electrons. The van der Waals surface area contributed by atoms with Gasteiger partial charge in [0.05, 0.1) is 4.88 Å². The summed E-state index contributed by atoms with van der Waals surface area (Å²) < 4.78 is 0. The third-order valence-electron chi connectivity index (χ3n) is 4.95. The van der Waals surface area contributed by atoms with Crippen molar-refractivity contribution < 1.29 is 9.59 Å². The molecular weight excluding hydrogens is 346 g/mol. The first-order chi connectivity index (χ1) is 12.5. The van der Waals surface area contributed by atoms with Crippen molar-refractivity contribution in [1.82, 2.24) is 0 Å². The zero-order valence-corrected chi connectivity index (χ0v) is 16.1. The Balaban J connectivity index is 1.61. The van der Waals surface area contributed by atoms with Crippen LogP contribution in [-0.2, 0) is 11.2 Å². The van der Waals surface area contributed by atoms with Gasteiger partial charge in [0.2, 0.25) is 5.91 Å². The standard InChI is InChI=1S/C20H25N3O2S/c1-3-17-13(2)12-18(26-17)20(25)22-15-4-6-16(7-5-15)23-10-8-14(9-11-23)19(21)24/h4-7,12,14H,3,8-11H2,1-2H3,(H2,21,24)(H,22,25). The maximum absolute atomic E-state index is 12.4. The minimum absolute atomic E-state index is 0.00734. The van der Waals surface area contributed by atoms with E-state index in [4.69, 9.17) is 5.73 Å². The van der Waals surface area contributed by atoms with Gasteiger partial charge >= 0.3 is 0 Å². The molecule has 0 unspecified atom stereocenters. The highest BCUT2D eigenvalue weighted by Crippen LogP contribution is 2.26. The third-order valence-corrected chi connectivity index (χ3v) is 6.33. The summed E-state index contributed by atoms with van der Waals surface area (Å²) in [6.45, 7) is 5.80. The van der Waals surface area contributed by atoms with E-state index in [0.29, 0.717) is 0 Å². The van der Waals surface area contributed by atoms with Crippen molar-refractivity contribution in [3.8, 4) is 0 Å². The number of hydrogen-bond donors (Lipinski definition) is 2. The first kappa shape index (κ1) is 18.5. The zero-order chi connectivity index (χ0) is 18.7. The van der Waals surface area contributed by atoms with Gasteiger partial charge in [-0.15, -0.1) is 11.3 Å². The van der Waals surface area contributed by atoms with E-state index in [1.165, 1.54) is 10.4 Å². The fourth-order valence-electron chi connectivity index (χ4n) is 3.35. The van der Waals surface area contributed by atoms with Crippen LogP contribution >= 0.6 is 11.3 Å². The molecule has 26 heavy (non-hydrogen) atoms. The molecule has 1 aliphatic heterocycles. The van der Waals surface area contributed by atoms with Crippen LogP contribution in [-0.4, -0.2) is 24.9 Å². The van der Waals surface area contributed by atoms with Crippen LogP contribution in [0.2, 0.25) is 0 Å². The largest absolute Gasteiger partial charge is 0.371 e. The Morgan fingerprint density at radius 1 is 1.23 bits per heavy atom. The number of nitrogens with two attached hydrogens (primary N) is 1. The number of aryl methyl sites for hydroxylation is 2. The first-order valence-electron chi connectivity index (χ1n) is 9.03. The van der Waals surface area contributed by atoms with Gasteiger partial charge in [-0.1, -0.05) is 6.92 Å². The van der Waals surface area contributed by atoms with E-state index in [2.05, 4.69) is 17.1 Å². The van der Waals surface area contributed by atoms with Crippen LogP contribution in [0.1, 0.15) is 39.9 Å². The van der Waals surface area contributed by atoms with Crippen LogP contribution in [0.5, 0.6) is 0 Å². The van der Waals surface area contributed by atoms with E-state index in [-0.39, 0.29) is 17.7 Å². The molecule has 0 atom stereocenters. The fraction of sp³-hybridized carbons (Fsp3) is 0.400. The Morgan fingerprint density at radius 2 is 1.88 bits per heavy atom. The molecule has 1 aromatic carbocycles. The SMILES string of the molecule is CCc1sc(C(=O)Nc2ccc(N3CCC(C(N)=O)CC3)cc2)cc1C. The number of carbonyl (C=O) groups excluding carboxylic acids is 2. The van der Waals surface area contributed by atoms with Gasteiger partial charge < -0.3 is 16.0 Å². The molecule has 0 bridgehead atoms. The zero-order valence-electron chi connectivity index (χ0n) is 15.2. The molecule has 1 aromatic heterocycles. The third kappa shape index (κ3) is 4.07. The number of nitrogens with zero attached hydrogens (tertiary/aromatic N) is 1. The number of amides is 2. The quantitative estimate of drug-likeness (QED) is 0.844. The van der Waals surface area contributed by atoms with E-state index in [1.807, 2.05) is 37.3 Å². The number of thiophene rings is 1. The molecule has 3 rings (SSSR count). The van der Waals surface area contributed by atoms with Crippen molar-refractivity contribution in [2.75, 3.05) is 23.3 Å². The summed E-state index contributed by atoms with van der Waals surface area (Å²) in [6.07, 6.45) is 2.54. The topological polar surface area (TPSA) is 75.4 Å². The van der Waals surface area contributed by atoms with Crippen molar-refractivity contribution in [2.45, 2.75) is 33.1 Å². The number of carbonyl (C=O) groups is 2. The van der Waals surface area contributed by atoms with Crippen molar-refractivity contribution in [3.05, 3.63) is 45.6 Å². The average molecular weight is 372 g/mol. The lowest BCUT2D eigenvalue weighted by Gasteiger charge is -2.32. The van der Waals surface area contributed by atoms with Crippen molar-refractivity contribution in [2.24, 2.45) is 11.7 Å². The van der Waals surface area contributed by atoms with E-state index >= 15 is 0 Å². The number of hydrogen-bond acceptors (Lipinski definition) is 4. The second-order valence-corrected chi connectivity index (χ2v) is 7.87.